The Hall–Kier alpha value is -1.54. The van der Waals surface area contributed by atoms with Gasteiger partial charge < -0.3 is 0 Å². The van der Waals surface area contributed by atoms with Gasteiger partial charge >= 0.3 is 0 Å². The van der Waals surface area contributed by atoms with Gasteiger partial charge in [0.2, 0.25) is 0 Å². The van der Waals surface area contributed by atoms with Crippen molar-refractivity contribution in [1.82, 2.24) is 0 Å². The summed E-state index contributed by atoms with van der Waals surface area (Å²) in [7, 11) is 0. The summed E-state index contributed by atoms with van der Waals surface area (Å²) in [6.45, 7) is 3.63. The average molecular weight is 158 g/mol. The number of hydrogen-bond acceptors (Lipinski definition) is 2. The van der Waals surface area contributed by atoms with Crippen LogP contribution in [0.5, 0.6) is 0 Å². The summed E-state index contributed by atoms with van der Waals surface area (Å²) in [5.74, 6) is 0. The summed E-state index contributed by atoms with van der Waals surface area (Å²) in [6, 6.07) is 4.32. The molecule has 0 radical (unpaired) electrons. The SMILES string of the molecule is CC1(C#N)C=CC(C)(C#N)C=C1. The Labute approximate surface area is 72.4 Å². The van der Waals surface area contributed by atoms with Gasteiger partial charge in [-0.2, -0.15) is 10.5 Å². The molecule has 1 aliphatic rings. The zero-order valence-corrected chi connectivity index (χ0v) is 7.20. The zero-order chi connectivity index (χ0) is 9.24. The molecule has 0 saturated heterocycles. The number of hydrogen-bond donors (Lipinski definition) is 0. The van der Waals surface area contributed by atoms with Gasteiger partial charge in [-0.05, 0) is 13.8 Å². The molecule has 0 atom stereocenters. The highest BCUT2D eigenvalue weighted by Crippen LogP contribution is 2.31. The van der Waals surface area contributed by atoms with Gasteiger partial charge in [-0.1, -0.05) is 24.3 Å². The van der Waals surface area contributed by atoms with Crippen LogP contribution in [-0.2, 0) is 0 Å². The third-order valence-corrected chi connectivity index (χ3v) is 2.03. The van der Waals surface area contributed by atoms with Crippen LogP contribution >= 0.6 is 0 Å². The highest BCUT2D eigenvalue weighted by Gasteiger charge is 2.26. The van der Waals surface area contributed by atoms with E-state index in [9.17, 15) is 0 Å². The molecule has 12 heavy (non-hydrogen) atoms. The second-order valence-corrected chi connectivity index (χ2v) is 3.46. The van der Waals surface area contributed by atoms with E-state index < -0.39 is 10.8 Å². The Kier molecular flexibility index (Phi) is 1.78. The van der Waals surface area contributed by atoms with Gasteiger partial charge in [-0.25, -0.2) is 0 Å². The molecule has 0 unspecified atom stereocenters. The van der Waals surface area contributed by atoms with Gasteiger partial charge in [0, 0.05) is 0 Å². The van der Waals surface area contributed by atoms with Crippen molar-refractivity contribution < 1.29 is 0 Å². The van der Waals surface area contributed by atoms with Crippen LogP contribution in [0.25, 0.3) is 0 Å². The number of nitrogens with zero attached hydrogens (tertiary/aromatic N) is 2. The minimum atomic E-state index is -0.531. The van der Waals surface area contributed by atoms with E-state index >= 15 is 0 Å². The molecular formula is C10H10N2. The summed E-state index contributed by atoms with van der Waals surface area (Å²) >= 11 is 0. The maximum Gasteiger partial charge on any atom is 0.0906 e. The molecule has 0 aromatic carbocycles. The van der Waals surface area contributed by atoms with E-state index in [-0.39, 0.29) is 0 Å². The lowest BCUT2D eigenvalue weighted by molar-refractivity contribution is 0.637. The first-order valence-corrected chi connectivity index (χ1v) is 3.77. The highest BCUT2D eigenvalue weighted by molar-refractivity contribution is 5.34. The summed E-state index contributed by atoms with van der Waals surface area (Å²) in [6.07, 6.45) is 7.10. The fraction of sp³-hybridized carbons (Fsp3) is 0.400. The van der Waals surface area contributed by atoms with E-state index in [0.717, 1.165) is 0 Å². The average Bonchev–Trinajstić information content (AvgIpc) is 2.11. The second kappa shape index (κ2) is 2.50. The van der Waals surface area contributed by atoms with E-state index in [1.165, 1.54) is 0 Å². The normalized spacial score (nSPS) is 38.7. The molecule has 2 heteroatoms. The van der Waals surface area contributed by atoms with Crippen LogP contribution in [0.4, 0.5) is 0 Å². The highest BCUT2D eigenvalue weighted by atomic mass is 14.4. The lowest BCUT2D eigenvalue weighted by atomic mass is 9.78. The van der Waals surface area contributed by atoms with Crippen LogP contribution in [0.1, 0.15) is 13.8 Å². The van der Waals surface area contributed by atoms with E-state index in [4.69, 9.17) is 10.5 Å². The van der Waals surface area contributed by atoms with Gasteiger partial charge in [-0.15, -0.1) is 0 Å². The van der Waals surface area contributed by atoms with Crippen molar-refractivity contribution in [1.29, 1.82) is 10.5 Å². The van der Waals surface area contributed by atoms with Crippen LogP contribution in [-0.4, -0.2) is 0 Å². The van der Waals surface area contributed by atoms with Gasteiger partial charge in [-0.3, -0.25) is 0 Å². The summed E-state index contributed by atoms with van der Waals surface area (Å²) in [5, 5.41) is 17.5. The third-order valence-electron chi connectivity index (χ3n) is 2.03. The van der Waals surface area contributed by atoms with Gasteiger partial charge in [0.1, 0.15) is 0 Å². The van der Waals surface area contributed by atoms with Crippen molar-refractivity contribution in [2.75, 3.05) is 0 Å². The van der Waals surface area contributed by atoms with Crippen molar-refractivity contribution >= 4 is 0 Å². The van der Waals surface area contributed by atoms with Crippen LogP contribution in [0.2, 0.25) is 0 Å². The summed E-state index contributed by atoms with van der Waals surface area (Å²) in [4.78, 5) is 0. The predicted molar refractivity (Wildman–Crippen MR) is 45.7 cm³/mol. The van der Waals surface area contributed by atoms with Crippen molar-refractivity contribution in [2.24, 2.45) is 10.8 Å². The number of allylic oxidation sites excluding steroid dienone is 4. The molecule has 0 bridgehead atoms. The Balaban J connectivity index is 2.98. The first-order valence-electron chi connectivity index (χ1n) is 3.77. The van der Waals surface area contributed by atoms with Crippen molar-refractivity contribution in [3.63, 3.8) is 0 Å². The quantitative estimate of drug-likeness (QED) is 0.507. The van der Waals surface area contributed by atoms with Crippen LogP contribution in [0, 0.1) is 33.5 Å². The molecule has 0 amide bonds. The van der Waals surface area contributed by atoms with Gasteiger partial charge in [0.25, 0.3) is 0 Å². The van der Waals surface area contributed by atoms with Crippen molar-refractivity contribution in [2.45, 2.75) is 13.8 Å². The smallest absolute Gasteiger partial charge is 0.0906 e. The van der Waals surface area contributed by atoms with Gasteiger partial charge in [0.05, 0.1) is 23.0 Å². The number of rotatable bonds is 0. The molecule has 0 aliphatic heterocycles. The second-order valence-electron chi connectivity index (χ2n) is 3.46. The molecule has 60 valence electrons. The van der Waals surface area contributed by atoms with E-state index in [0.29, 0.717) is 0 Å². The Morgan fingerprint density at radius 2 is 1.08 bits per heavy atom. The largest absolute Gasteiger partial charge is 0.197 e. The van der Waals surface area contributed by atoms with Crippen LogP contribution in [0.3, 0.4) is 0 Å². The van der Waals surface area contributed by atoms with Crippen LogP contribution < -0.4 is 0 Å². The standard InChI is InChI=1S/C10H10N2/c1-9(7-11)3-5-10(2,8-12)6-4-9/h3-6H,1-2H3. The Bertz CT molecular complexity index is 277. The molecule has 0 aromatic rings. The molecule has 0 heterocycles. The molecule has 1 aliphatic carbocycles. The van der Waals surface area contributed by atoms with Crippen LogP contribution in [0.15, 0.2) is 24.3 Å². The van der Waals surface area contributed by atoms with Crippen molar-refractivity contribution in [3.05, 3.63) is 24.3 Å². The maximum absolute atomic E-state index is 8.76. The Morgan fingerprint density at radius 1 is 0.833 bits per heavy atom. The molecule has 1 rings (SSSR count). The predicted octanol–water partition coefficient (Wildman–Crippen LogP) is 2.17. The molecular weight excluding hydrogens is 148 g/mol. The van der Waals surface area contributed by atoms with E-state index in [2.05, 4.69) is 12.1 Å². The number of nitriles is 2. The molecule has 2 nitrogen and oxygen atoms in total. The maximum atomic E-state index is 8.76. The zero-order valence-electron chi connectivity index (χ0n) is 7.20. The first kappa shape index (κ1) is 8.56. The molecule has 0 saturated carbocycles. The topological polar surface area (TPSA) is 47.6 Å². The minimum absolute atomic E-state index is 0.531. The molecule has 0 fully saturated rings. The van der Waals surface area contributed by atoms with Crippen molar-refractivity contribution in [3.8, 4) is 12.1 Å². The molecule has 0 N–H and O–H groups in total. The lowest BCUT2D eigenvalue weighted by Gasteiger charge is -2.22. The third kappa shape index (κ3) is 1.38. The fourth-order valence-electron chi connectivity index (χ4n) is 0.953. The monoisotopic (exact) mass is 158 g/mol. The summed E-state index contributed by atoms with van der Waals surface area (Å²) < 4.78 is 0. The Morgan fingerprint density at radius 3 is 1.25 bits per heavy atom. The first-order chi connectivity index (χ1) is 5.54. The minimum Gasteiger partial charge on any atom is -0.197 e. The summed E-state index contributed by atoms with van der Waals surface area (Å²) in [5.41, 5.74) is -1.06. The van der Waals surface area contributed by atoms with Gasteiger partial charge in [0.15, 0.2) is 0 Å². The molecule has 0 spiro atoms. The lowest BCUT2D eigenvalue weighted by Crippen LogP contribution is -2.17. The van der Waals surface area contributed by atoms with E-state index in [1.54, 1.807) is 24.3 Å². The fourth-order valence-corrected chi connectivity index (χ4v) is 0.953. The molecule has 0 aromatic heterocycles. The van der Waals surface area contributed by atoms with E-state index in [1.807, 2.05) is 13.8 Å².